The van der Waals surface area contributed by atoms with Crippen molar-refractivity contribution in [2.24, 2.45) is 0 Å². The van der Waals surface area contributed by atoms with Crippen molar-refractivity contribution < 1.29 is 57.3 Å². The number of hydrogen-bond acceptors (Lipinski definition) is 12. The number of ether oxygens (including phenoxy) is 4. The van der Waals surface area contributed by atoms with E-state index >= 15 is 14.4 Å². The third-order valence-corrected chi connectivity index (χ3v) is 22.0. The Balaban J connectivity index is 0.707. The van der Waals surface area contributed by atoms with Gasteiger partial charge in [-0.2, -0.15) is 0 Å². The van der Waals surface area contributed by atoms with Crippen molar-refractivity contribution in [1.29, 1.82) is 0 Å². The summed E-state index contributed by atoms with van der Waals surface area (Å²) in [6.45, 7) is 17.6. The number of carbonyl (C=O) groups excluding carboxylic acids is 8. The maximum Gasteiger partial charge on any atom is 0.338 e. The summed E-state index contributed by atoms with van der Waals surface area (Å²) in [6.07, 6.45) is 9.48. The van der Waals surface area contributed by atoms with Crippen molar-refractivity contribution in [2.45, 2.75) is 156 Å². The van der Waals surface area contributed by atoms with Gasteiger partial charge in [-0.3, -0.25) is 43.5 Å². The van der Waals surface area contributed by atoms with Crippen LogP contribution in [0.25, 0.3) is 86.2 Å². The van der Waals surface area contributed by atoms with Gasteiger partial charge in [0.25, 0.3) is 35.4 Å². The molecule has 1 aliphatic carbocycles. The second-order valence-electron chi connectivity index (χ2n) is 30.5. The minimum atomic E-state index is -0.538. The van der Waals surface area contributed by atoms with Crippen molar-refractivity contribution in [2.75, 3.05) is 26.3 Å². The quantitative estimate of drug-likeness (QED) is 0.0232. The first-order valence-corrected chi connectivity index (χ1v) is 36.7. The van der Waals surface area contributed by atoms with Crippen LogP contribution in [0.1, 0.15) is 233 Å². The van der Waals surface area contributed by atoms with Crippen LogP contribution in [0.5, 0.6) is 23.0 Å². The van der Waals surface area contributed by atoms with E-state index in [1.54, 1.807) is 42.5 Å². The summed E-state index contributed by atoms with van der Waals surface area (Å²) in [5.41, 5.74) is 4.64. The van der Waals surface area contributed by atoms with Crippen molar-refractivity contribution >= 4 is 134 Å². The fourth-order valence-corrected chi connectivity index (χ4v) is 16.6. The molecule has 15 nitrogen and oxygen atoms in total. The lowest BCUT2D eigenvalue weighted by Gasteiger charge is -2.36. The van der Waals surface area contributed by atoms with Gasteiger partial charge >= 0.3 is 11.9 Å². The highest BCUT2D eigenvalue weighted by molar-refractivity contribution is 6.44. The lowest BCUT2D eigenvalue weighted by atomic mass is 9.81. The Labute approximate surface area is 596 Å². The molecule has 0 aromatic heterocycles. The van der Waals surface area contributed by atoms with E-state index in [2.05, 4.69) is 41.5 Å². The fourth-order valence-electron chi connectivity index (χ4n) is 16.6. The summed E-state index contributed by atoms with van der Waals surface area (Å²) < 4.78 is 25.5. The van der Waals surface area contributed by atoms with Gasteiger partial charge in [-0.15, -0.1) is 0 Å². The number of imide groups is 3. The van der Waals surface area contributed by atoms with E-state index in [0.29, 0.717) is 149 Å². The summed E-state index contributed by atoms with van der Waals surface area (Å²) in [5, 5.41) is 10.2. The lowest BCUT2D eigenvalue weighted by molar-refractivity contribution is 0.0486. The largest absolute Gasteiger partial charge is 0.462 e. The Hall–Kier alpha value is -10.8. The number of unbranched alkanes of at least 4 members (excludes halogenated alkanes) is 5. The van der Waals surface area contributed by atoms with Gasteiger partial charge in [0.1, 0.15) is 23.0 Å². The van der Waals surface area contributed by atoms with E-state index in [4.69, 9.17) is 18.9 Å². The summed E-state index contributed by atoms with van der Waals surface area (Å²) in [4.78, 5) is 122. The van der Waals surface area contributed by atoms with Crippen LogP contribution in [0.15, 0.2) is 133 Å². The number of esters is 2. The predicted octanol–water partition coefficient (Wildman–Crippen LogP) is 20.3. The molecule has 0 N–H and O–H groups in total. The Bertz CT molecular complexity index is 5490. The van der Waals surface area contributed by atoms with E-state index in [0.717, 1.165) is 83.0 Å². The van der Waals surface area contributed by atoms with Crippen LogP contribution in [0.3, 0.4) is 0 Å². The molecule has 1 fully saturated rings. The van der Waals surface area contributed by atoms with E-state index < -0.39 is 35.6 Å². The Morgan fingerprint density at radius 3 is 1.15 bits per heavy atom. The summed E-state index contributed by atoms with van der Waals surface area (Å²) in [7, 11) is 0. The minimum absolute atomic E-state index is 0.0966. The van der Waals surface area contributed by atoms with E-state index in [1.807, 2.05) is 105 Å². The SMILES string of the molecule is CCCCOC(=O)c1ccc2c3ccc4c5c(ccc(c6ccc(C(=O)OCCCC)c1c26)c53)C(=O)N(CCCCCCN1C(=O)c2ccc3c5c(Oc6ccc(C(C)(C)C)cc6)cc6c7c(ccc(c8c(Oc9ccc(C(C)(C)C)cc9)cc(c2c38)C1=O)c75)C(=O)N(C1CCCCC1)C6=O)C4=O. The first-order chi connectivity index (χ1) is 49.7. The highest BCUT2D eigenvalue weighted by Gasteiger charge is 2.42. The molecular formula is C88H81N3O12. The number of fused-ring (bicyclic) bond motifs is 4. The van der Waals surface area contributed by atoms with Crippen LogP contribution in [-0.2, 0) is 20.3 Å². The molecule has 0 spiro atoms. The molecule has 1 saturated carbocycles. The zero-order valence-electron chi connectivity index (χ0n) is 59.5. The fraction of sp³-hybridized carbons (Fsp3) is 0.318. The van der Waals surface area contributed by atoms with Gasteiger partial charge in [0.05, 0.1) is 35.5 Å². The highest BCUT2D eigenvalue weighted by atomic mass is 16.5. The van der Waals surface area contributed by atoms with Crippen molar-refractivity contribution in [3.05, 3.63) is 189 Å². The van der Waals surface area contributed by atoms with Gasteiger partial charge in [-0.25, -0.2) is 9.59 Å². The second kappa shape index (κ2) is 25.6. The van der Waals surface area contributed by atoms with Crippen LogP contribution in [0.4, 0.5) is 0 Å². The molecule has 0 saturated heterocycles. The molecule has 12 aromatic rings. The van der Waals surface area contributed by atoms with Crippen LogP contribution < -0.4 is 9.47 Å². The Morgan fingerprint density at radius 2 is 0.728 bits per heavy atom. The average molecular weight is 1370 g/mol. The smallest absolute Gasteiger partial charge is 0.338 e. The zero-order chi connectivity index (χ0) is 71.7. The van der Waals surface area contributed by atoms with E-state index in [-0.39, 0.29) is 71.7 Å². The molecule has 15 heteroatoms. The number of rotatable bonds is 20. The van der Waals surface area contributed by atoms with Gasteiger partial charge in [0.2, 0.25) is 0 Å². The number of hydrogen-bond donors (Lipinski definition) is 0. The standard InChI is InChI=1S/C88H81N3O12/c1-9-11-44-100-85(98)63-40-32-55-53-30-36-59-71-60(37-31-54(69(53)71)56-33-41-64(74(63)70(55)56)86(99)101-45-12-10-2)80(93)89(79(59)92)42-18-13-14-19-43-90-81(94)61-38-34-57-76-68(103-52-28-24-49(25-29-52)88(6,7)8)47-66-73-62(83(96)91(84(66)97)50-20-16-15-17-21-50)39-35-58(78(73)76)75-67(46-65(82(90)95)72(61)77(57)75)102-51-26-22-48(23-27-51)87(3,4)5/h22-41,46-47,50H,9-21,42-45H2,1-8H3. The van der Waals surface area contributed by atoms with Gasteiger partial charge in [0.15, 0.2) is 0 Å². The van der Waals surface area contributed by atoms with Crippen molar-refractivity contribution in [3.63, 3.8) is 0 Å². The molecule has 0 unspecified atom stereocenters. The molecule has 4 aliphatic rings. The summed E-state index contributed by atoms with van der Waals surface area (Å²) in [5.74, 6) is -1.71. The molecular weight excluding hydrogens is 1290 g/mol. The second-order valence-corrected chi connectivity index (χ2v) is 30.5. The van der Waals surface area contributed by atoms with Crippen LogP contribution >= 0.6 is 0 Å². The molecule has 0 radical (unpaired) electrons. The molecule has 520 valence electrons. The topological polar surface area (TPSA) is 183 Å². The van der Waals surface area contributed by atoms with Crippen LogP contribution in [0.2, 0.25) is 0 Å². The number of benzene rings is 12. The van der Waals surface area contributed by atoms with Crippen molar-refractivity contribution in [3.8, 4) is 23.0 Å². The number of nitrogens with zero attached hydrogens (tertiary/aromatic N) is 3. The van der Waals surface area contributed by atoms with Gasteiger partial charge < -0.3 is 18.9 Å². The normalized spacial score (nSPS) is 15.2. The third-order valence-electron chi connectivity index (χ3n) is 22.0. The monoisotopic (exact) mass is 1370 g/mol. The maximum absolute atomic E-state index is 15.5. The maximum atomic E-state index is 15.5. The average Bonchev–Trinajstić information content (AvgIpc) is 0.738. The first kappa shape index (κ1) is 66.7. The Kier molecular flexibility index (Phi) is 16.6. The minimum Gasteiger partial charge on any atom is -0.462 e. The van der Waals surface area contributed by atoms with E-state index in [1.165, 1.54) is 14.7 Å². The van der Waals surface area contributed by atoms with Gasteiger partial charge in [-0.05, 0) is 176 Å². The third kappa shape index (κ3) is 10.9. The summed E-state index contributed by atoms with van der Waals surface area (Å²) in [6, 6.07) is 40.9. The molecule has 3 heterocycles. The van der Waals surface area contributed by atoms with Crippen molar-refractivity contribution in [1.82, 2.24) is 14.7 Å². The van der Waals surface area contributed by atoms with Gasteiger partial charge in [0, 0.05) is 84.5 Å². The molecule has 0 bridgehead atoms. The highest BCUT2D eigenvalue weighted by Crippen LogP contribution is 2.54. The molecule has 6 amide bonds. The number of amides is 6. The molecule has 16 rings (SSSR count). The first-order valence-electron chi connectivity index (χ1n) is 36.7. The Morgan fingerprint density at radius 1 is 0.369 bits per heavy atom. The molecule has 3 aliphatic heterocycles. The summed E-state index contributed by atoms with van der Waals surface area (Å²) >= 11 is 0. The van der Waals surface area contributed by atoms with Crippen LogP contribution in [-0.4, -0.2) is 94.4 Å². The molecule has 12 aromatic carbocycles. The van der Waals surface area contributed by atoms with E-state index in [9.17, 15) is 24.0 Å². The van der Waals surface area contributed by atoms with Crippen LogP contribution in [0, 0.1) is 0 Å². The zero-order valence-corrected chi connectivity index (χ0v) is 59.5. The lowest BCUT2D eigenvalue weighted by Crippen LogP contribution is -2.47. The van der Waals surface area contributed by atoms with Gasteiger partial charge in [-0.1, -0.05) is 161 Å². The predicted molar refractivity (Wildman–Crippen MR) is 403 cm³/mol. The molecule has 103 heavy (non-hydrogen) atoms. The molecule has 0 atom stereocenters. The number of carbonyl (C=O) groups is 8.